The predicted octanol–water partition coefficient (Wildman–Crippen LogP) is 2.76. The Morgan fingerprint density at radius 3 is 2.80 bits per heavy atom. The quantitative estimate of drug-likeness (QED) is 0.864. The number of likely N-dealkylation sites (tertiary alicyclic amines) is 1. The largest absolute Gasteiger partial charge is 0.492 e. The summed E-state index contributed by atoms with van der Waals surface area (Å²) in [4.78, 5) is 2.53. The van der Waals surface area contributed by atoms with Gasteiger partial charge in [0.15, 0.2) is 0 Å². The maximum Gasteiger partial charge on any atom is 0.123 e. The number of nitrogens with zero attached hydrogens (tertiary/aromatic N) is 1. The molecule has 20 heavy (non-hydrogen) atoms. The average Bonchev–Trinajstić information content (AvgIpc) is 2.45. The van der Waals surface area contributed by atoms with Gasteiger partial charge >= 0.3 is 0 Å². The van der Waals surface area contributed by atoms with Crippen LogP contribution in [0.15, 0.2) is 24.3 Å². The summed E-state index contributed by atoms with van der Waals surface area (Å²) < 4.78 is 5.97. The van der Waals surface area contributed by atoms with Crippen molar-refractivity contribution in [3.63, 3.8) is 0 Å². The Morgan fingerprint density at radius 1 is 1.25 bits per heavy atom. The standard InChI is InChI=1S/C17H28N2O/c1-14-8-9-19(13-15(14)2)10-11-20-17-7-5-4-6-16(17)12-18-3/h4-7,14-15,18H,8-13H2,1-3H3. The van der Waals surface area contributed by atoms with Crippen molar-refractivity contribution in [3.8, 4) is 5.75 Å². The van der Waals surface area contributed by atoms with Gasteiger partial charge in [-0.3, -0.25) is 4.90 Å². The van der Waals surface area contributed by atoms with Gasteiger partial charge in [-0.25, -0.2) is 0 Å². The van der Waals surface area contributed by atoms with Gasteiger partial charge in [-0.15, -0.1) is 0 Å². The minimum Gasteiger partial charge on any atom is -0.492 e. The molecule has 0 aromatic heterocycles. The van der Waals surface area contributed by atoms with Crippen molar-refractivity contribution in [2.75, 3.05) is 33.3 Å². The highest BCUT2D eigenvalue weighted by Gasteiger charge is 2.22. The second kappa shape index (κ2) is 7.65. The fraction of sp³-hybridized carbons (Fsp3) is 0.647. The number of benzene rings is 1. The van der Waals surface area contributed by atoms with E-state index in [4.69, 9.17) is 4.74 Å². The van der Waals surface area contributed by atoms with Crippen LogP contribution in [-0.4, -0.2) is 38.2 Å². The zero-order valence-corrected chi connectivity index (χ0v) is 13.1. The van der Waals surface area contributed by atoms with Crippen molar-refractivity contribution < 1.29 is 4.74 Å². The zero-order chi connectivity index (χ0) is 14.4. The Labute approximate surface area is 123 Å². The van der Waals surface area contributed by atoms with Crippen LogP contribution in [0.5, 0.6) is 5.75 Å². The van der Waals surface area contributed by atoms with Crippen LogP contribution < -0.4 is 10.1 Å². The highest BCUT2D eigenvalue weighted by Crippen LogP contribution is 2.22. The van der Waals surface area contributed by atoms with Gasteiger partial charge < -0.3 is 10.1 Å². The van der Waals surface area contributed by atoms with E-state index in [-0.39, 0.29) is 0 Å². The molecule has 1 aromatic carbocycles. The van der Waals surface area contributed by atoms with Crippen LogP contribution in [-0.2, 0) is 6.54 Å². The topological polar surface area (TPSA) is 24.5 Å². The van der Waals surface area contributed by atoms with E-state index < -0.39 is 0 Å². The van der Waals surface area contributed by atoms with Gasteiger partial charge in [0.25, 0.3) is 0 Å². The van der Waals surface area contributed by atoms with Gasteiger partial charge in [0.1, 0.15) is 12.4 Å². The molecule has 0 radical (unpaired) electrons. The van der Waals surface area contributed by atoms with E-state index in [0.29, 0.717) is 0 Å². The van der Waals surface area contributed by atoms with E-state index in [9.17, 15) is 0 Å². The van der Waals surface area contributed by atoms with Crippen molar-refractivity contribution in [2.24, 2.45) is 11.8 Å². The molecule has 3 nitrogen and oxygen atoms in total. The number of hydrogen-bond donors (Lipinski definition) is 1. The Hall–Kier alpha value is -1.06. The van der Waals surface area contributed by atoms with Gasteiger partial charge in [-0.05, 0) is 37.9 Å². The van der Waals surface area contributed by atoms with E-state index in [1.807, 2.05) is 13.1 Å². The van der Waals surface area contributed by atoms with E-state index >= 15 is 0 Å². The maximum atomic E-state index is 5.97. The minimum atomic E-state index is 0.780. The fourth-order valence-electron chi connectivity index (χ4n) is 2.82. The molecule has 1 saturated heterocycles. The SMILES string of the molecule is CNCc1ccccc1OCCN1CCC(C)C(C)C1. The van der Waals surface area contributed by atoms with Crippen LogP contribution in [0.3, 0.4) is 0 Å². The minimum absolute atomic E-state index is 0.780. The summed E-state index contributed by atoms with van der Waals surface area (Å²) in [5.41, 5.74) is 1.23. The molecule has 1 N–H and O–H groups in total. The molecule has 2 atom stereocenters. The van der Waals surface area contributed by atoms with Gasteiger partial charge in [-0.1, -0.05) is 32.0 Å². The first-order chi connectivity index (χ1) is 9.70. The number of para-hydroxylation sites is 1. The van der Waals surface area contributed by atoms with Crippen molar-refractivity contribution in [3.05, 3.63) is 29.8 Å². The molecule has 1 aliphatic heterocycles. The summed E-state index contributed by atoms with van der Waals surface area (Å²) in [6, 6.07) is 8.29. The van der Waals surface area contributed by atoms with Crippen molar-refractivity contribution in [1.82, 2.24) is 10.2 Å². The summed E-state index contributed by atoms with van der Waals surface area (Å²) in [7, 11) is 1.97. The molecule has 1 aromatic rings. The van der Waals surface area contributed by atoms with E-state index in [2.05, 4.69) is 42.3 Å². The lowest BCUT2D eigenvalue weighted by molar-refractivity contribution is 0.119. The van der Waals surface area contributed by atoms with E-state index in [1.165, 1.54) is 25.1 Å². The van der Waals surface area contributed by atoms with Gasteiger partial charge in [0, 0.05) is 25.2 Å². The Kier molecular flexibility index (Phi) is 5.86. The lowest BCUT2D eigenvalue weighted by atomic mass is 9.89. The van der Waals surface area contributed by atoms with Crippen molar-refractivity contribution >= 4 is 0 Å². The molecule has 0 amide bonds. The normalized spacial score (nSPS) is 23.8. The summed E-state index contributed by atoms with van der Waals surface area (Å²) in [6.45, 7) is 9.82. The molecule has 112 valence electrons. The van der Waals surface area contributed by atoms with Gasteiger partial charge in [-0.2, -0.15) is 0 Å². The third-order valence-corrected chi connectivity index (χ3v) is 4.42. The molecule has 1 heterocycles. The molecule has 0 saturated carbocycles. The molecule has 0 aliphatic carbocycles. The lowest BCUT2D eigenvalue weighted by Gasteiger charge is -2.35. The highest BCUT2D eigenvalue weighted by atomic mass is 16.5. The number of nitrogens with one attached hydrogen (secondary N) is 1. The molecule has 3 heteroatoms. The van der Waals surface area contributed by atoms with Crippen LogP contribution >= 0.6 is 0 Å². The van der Waals surface area contributed by atoms with Crippen LogP contribution in [0.25, 0.3) is 0 Å². The third-order valence-electron chi connectivity index (χ3n) is 4.42. The van der Waals surface area contributed by atoms with E-state index in [0.717, 1.165) is 37.3 Å². The number of hydrogen-bond acceptors (Lipinski definition) is 3. The molecule has 1 aliphatic rings. The molecule has 2 unspecified atom stereocenters. The average molecular weight is 276 g/mol. The Morgan fingerprint density at radius 2 is 2.05 bits per heavy atom. The van der Waals surface area contributed by atoms with Crippen LogP contribution in [0, 0.1) is 11.8 Å². The second-order valence-corrected chi connectivity index (χ2v) is 6.03. The maximum absolute atomic E-state index is 5.97. The molecule has 0 spiro atoms. The van der Waals surface area contributed by atoms with E-state index in [1.54, 1.807) is 0 Å². The summed E-state index contributed by atoms with van der Waals surface area (Å²) in [5, 5.41) is 3.18. The van der Waals surface area contributed by atoms with Gasteiger partial charge in [0.2, 0.25) is 0 Å². The molecular weight excluding hydrogens is 248 g/mol. The van der Waals surface area contributed by atoms with Crippen LogP contribution in [0.2, 0.25) is 0 Å². The Bertz CT molecular complexity index is 408. The summed E-state index contributed by atoms with van der Waals surface area (Å²) >= 11 is 0. The smallest absolute Gasteiger partial charge is 0.123 e. The molecular formula is C17H28N2O. The summed E-state index contributed by atoms with van der Waals surface area (Å²) in [5.74, 6) is 2.68. The Balaban J connectivity index is 1.78. The molecule has 1 fully saturated rings. The molecule has 0 bridgehead atoms. The second-order valence-electron chi connectivity index (χ2n) is 6.03. The number of piperidine rings is 1. The third kappa shape index (κ3) is 4.22. The first kappa shape index (κ1) is 15.3. The fourth-order valence-corrected chi connectivity index (χ4v) is 2.82. The highest BCUT2D eigenvalue weighted by molar-refractivity contribution is 5.33. The van der Waals surface area contributed by atoms with Crippen LogP contribution in [0.4, 0.5) is 0 Å². The van der Waals surface area contributed by atoms with Crippen molar-refractivity contribution in [2.45, 2.75) is 26.8 Å². The zero-order valence-electron chi connectivity index (χ0n) is 13.1. The van der Waals surface area contributed by atoms with Crippen molar-refractivity contribution in [1.29, 1.82) is 0 Å². The first-order valence-corrected chi connectivity index (χ1v) is 7.78. The summed E-state index contributed by atoms with van der Waals surface area (Å²) in [6.07, 6.45) is 1.32. The monoisotopic (exact) mass is 276 g/mol. The number of rotatable bonds is 6. The lowest BCUT2D eigenvalue weighted by Crippen LogP contribution is -2.40. The molecule has 2 rings (SSSR count). The predicted molar refractivity (Wildman–Crippen MR) is 84.1 cm³/mol. The van der Waals surface area contributed by atoms with Gasteiger partial charge in [0.05, 0.1) is 0 Å². The first-order valence-electron chi connectivity index (χ1n) is 7.78. The number of ether oxygens (including phenoxy) is 1. The van der Waals surface area contributed by atoms with Crippen LogP contribution in [0.1, 0.15) is 25.8 Å².